The summed E-state index contributed by atoms with van der Waals surface area (Å²) in [7, 11) is 0. The van der Waals surface area contributed by atoms with Crippen molar-refractivity contribution < 1.29 is 13.9 Å². The van der Waals surface area contributed by atoms with Gasteiger partial charge in [-0.05, 0) is 62.4 Å². The third-order valence-corrected chi connectivity index (χ3v) is 5.53. The number of carbonyl (C=O) groups excluding carboxylic acids is 1. The highest BCUT2D eigenvalue weighted by Gasteiger charge is 2.19. The van der Waals surface area contributed by atoms with Gasteiger partial charge in [0.25, 0.3) is 0 Å². The van der Waals surface area contributed by atoms with Crippen molar-refractivity contribution in [2.45, 2.75) is 41.0 Å². The summed E-state index contributed by atoms with van der Waals surface area (Å²) in [5, 5.41) is 4.64. The molecule has 2 aromatic carbocycles. The second-order valence-electron chi connectivity index (χ2n) is 8.15. The SMILES string of the molecule is CCOc1c(/C(C)=C/C(=O)NCCC(C)C)cc2c(-c3ccc(Cl)cc3)coc2c1C. The number of furan rings is 1. The van der Waals surface area contributed by atoms with E-state index in [-0.39, 0.29) is 5.91 Å². The number of rotatable bonds is 8. The number of benzene rings is 2. The predicted molar refractivity (Wildman–Crippen MR) is 129 cm³/mol. The summed E-state index contributed by atoms with van der Waals surface area (Å²) < 4.78 is 11.9. The molecule has 0 saturated heterocycles. The van der Waals surface area contributed by atoms with Crippen molar-refractivity contribution in [2.75, 3.05) is 13.2 Å². The number of halogens is 1. The Balaban J connectivity index is 2.05. The molecule has 3 aromatic rings. The van der Waals surface area contributed by atoms with Crippen LogP contribution in [-0.4, -0.2) is 19.1 Å². The number of ether oxygens (including phenoxy) is 1. The number of hydrogen-bond acceptors (Lipinski definition) is 3. The topological polar surface area (TPSA) is 51.5 Å². The standard InChI is InChI=1S/C26H30ClNO3/c1-6-30-25-18(5)26-22(23(15-31-26)19-7-9-20(27)10-8-19)14-21(25)17(4)13-24(29)28-12-11-16(2)3/h7-10,13-16H,6,11-12H2,1-5H3,(H,28,29)/b17-13+. The Morgan fingerprint density at radius 1 is 1.26 bits per heavy atom. The van der Waals surface area contributed by atoms with Crippen LogP contribution in [-0.2, 0) is 4.79 Å². The van der Waals surface area contributed by atoms with Crippen molar-refractivity contribution in [1.29, 1.82) is 0 Å². The van der Waals surface area contributed by atoms with Crippen molar-refractivity contribution >= 4 is 34.1 Å². The molecule has 0 atom stereocenters. The second-order valence-corrected chi connectivity index (χ2v) is 8.58. The van der Waals surface area contributed by atoms with Crippen molar-refractivity contribution in [3.63, 3.8) is 0 Å². The van der Waals surface area contributed by atoms with E-state index in [1.165, 1.54) is 0 Å². The monoisotopic (exact) mass is 439 g/mol. The van der Waals surface area contributed by atoms with Crippen molar-refractivity contribution in [2.24, 2.45) is 5.92 Å². The van der Waals surface area contributed by atoms with Gasteiger partial charge < -0.3 is 14.5 Å². The zero-order chi connectivity index (χ0) is 22.5. The first-order chi connectivity index (χ1) is 14.8. The molecule has 0 fully saturated rings. The average molecular weight is 440 g/mol. The average Bonchev–Trinajstić information content (AvgIpc) is 3.14. The first kappa shape index (κ1) is 23.0. The molecule has 0 aliphatic heterocycles. The van der Waals surface area contributed by atoms with E-state index in [4.69, 9.17) is 20.8 Å². The van der Waals surface area contributed by atoms with Crippen LogP contribution in [0.25, 0.3) is 27.7 Å². The summed E-state index contributed by atoms with van der Waals surface area (Å²) in [6.45, 7) is 11.4. The molecule has 1 amide bonds. The maximum atomic E-state index is 12.4. The lowest BCUT2D eigenvalue weighted by Gasteiger charge is -2.15. The molecule has 0 radical (unpaired) electrons. The third kappa shape index (κ3) is 5.31. The third-order valence-electron chi connectivity index (χ3n) is 5.28. The smallest absolute Gasteiger partial charge is 0.244 e. The van der Waals surface area contributed by atoms with Gasteiger partial charge in [0.1, 0.15) is 11.3 Å². The molecule has 0 aliphatic rings. The van der Waals surface area contributed by atoms with Gasteiger partial charge in [-0.2, -0.15) is 0 Å². The van der Waals surface area contributed by atoms with E-state index in [9.17, 15) is 4.79 Å². The molecule has 1 aromatic heterocycles. The van der Waals surface area contributed by atoms with Crippen LogP contribution in [0, 0.1) is 12.8 Å². The molecule has 0 saturated carbocycles. The van der Waals surface area contributed by atoms with E-state index in [0.29, 0.717) is 24.1 Å². The minimum atomic E-state index is -0.0940. The summed E-state index contributed by atoms with van der Waals surface area (Å²) in [4.78, 5) is 12.4. The van der Waals surface area contributed by atoms with Gasteiger partial charge in [-0.25, -0.2) is 0 Å². The molecule has 1 N–H and O–H groups in total. The van der Waals surface area contributed by atoms with Crippen LogP contribution in [0.5, 0.6) is 5.75 Å². The van der Waals surface area contributed by atoms with Gasteiger partial charge in [0.05, 0.1) is 12.9 Å². The van der Waals surface area contributed by atoms with Crippen molar-refractivity contribution in [3.8, 4) is 16.9 Å². The molecule has 4 nitrogen and oxygen atoms in total. The summed E-state index contributed by atoms with van der Waals surface area (Å²) in [5.41, 5.74) is 5.44. The number of carbonyl (C=O) groups is 1. The second kappa shape index (κ2) is 10.1. The Hall–Kier alpha value is -2.72. The number of nitrogens with one attached hydrogen (secondary N) is 1. The van der Waals surface area contributed by atoms with Gasteiger partial charge in [0, 0.05) is 39.7 Å². The van der Waals surface area contributed by atoms with Crippen LogP contribution in [0.1, 0.15) is 45.2 Å². The lowest BCUT2D eigenvalue weighted by molar-refractivity contribution is -0.116. The molecule has 5 heteroatoms. The first-order valence-electron chi connectivity index (χ1n) is 10.7. The summed E-state index contributed by atoms with van der Waals surface area (Å²) in [6, 6.07) is 9.73. The fraction of sp³-hybridized carbons (Fsp3) is 0.346. The van der Waals surface area contributed by atoms with Gasteiger partial charge in [0.15, 0.2) is 0 Å². The minimum Gasteiger partial charge on any atom is -0.493 e. The largest absolute Gasteiger partial charge is 0.493 e. The lowest BCUT2D eigenvalue weighted by atomic mass is 9.96. The van der Waals surface area contributed by atoms with Gasteiger partial charge in [-0.3, -0.25) is 4.79 Å². The predicted octanol–water partition coefficient (Wildman–Crippen LogP) is 7.03. The Morgan fingerprint density at radius 2 is 1.97 bits per heavy atom. The van der Waals surface area contributed by atoms with Gasteiger partial charge in [0.2, 0.25) is 5.91 Å². The number of amides is 1. The zero-order valence-corrected chi connectivity index (χ0v) is 19.6. The maximum absolute atomic E-state index is 12.4. The minimum absolute atomic E-state index is 0.0940. The van der Waals surface area contributed by atoms with Crippen molar-refractivity contribution in [3.05, 3.63) is 58.8 Å². The molecule has 1 heterocycles. The lowest BCUT2D eigenvalue weighted by Crippen LogP contribution is -2.23. The summed E-state index contributed by atoms with van der Waals surface area (Å²) in [5.74, 6) is 1.20. The number of fused-ring (bicyclic) bond motifs is 1. The maximum Gasteiger partial charge on any atom is 0.244 e. The number of aryl methyl sites for hydroxylation is 1. The molecule has 0 unspecified atom stereocenters. The molecular weight excluding hydrogens is 410 g/mol. The van der Waals surface area contributed by atoms with Crippen LogP contribution < -0.4 is 10.1 Å². The summed E-state index contributed by atoms with van der Waals surface area (Å²) >= 11 is 6.06. The van der Waals surface area contributed by atoms with E-state index >= 15 is 0 Å². The molecule has 3 rings (SSSR count). The van der Waals surface area contributed by atoms with Gasteiger partial charge in [-0.1, -0.05) is 37.6 Å². The Labute approximate surface area is 189 Å². The van der Waals surface area contributed by atoms with E-state index in [0.717, 1.165) is 51.0 Å². The van der Waals surface area contributed by atoms with Crippen LogP contribution in [0.3, 0.4) is 0 Å². The Morgan fingerprint density at radius 3 is 2.61 bits per heavy atom. The van der Waals surface area contributed by atoms with Crippen LogP contribution in [0.15, 0.2) is 47.1 Å². The Kier molecular flexibility index (Phi) is 7.45. The van der Waals surface area contributed by atoms with Gasteiger partial charge in [-0.15, -0.1) is 0 Å². The number of allylic oxidation sites excluding steroid dienone is 1. The molecule has 164 valence electrons. The molecule has 31 heavy (non-hydrogen) atoms. The van der Waals surface area contributed by atoms with Crippen molar-refractivity contribution in [1.82, 2.24) is 5.32 Å². The van der Waals surface area contributed by atoms with E-state index in [1.807, 2.05) is 51.1 Å². The highest BCUT2D eigenvalue weighted by Crippen LogP contribution is 2.40. The highest BCUT2D eigenvalue weighted by molar-refractivity contribution is 6.30. The fourth-order valence-corrected chi connectivity index (χ4v) is 3.73. The number of hydrogen-bond donors (Lipinski definition) is 1. The molecule has 0 bridgehead atoms. The van der Waals surface area contributed by atoms with E-state index in [2.05, 4.69) is 19.2 Å². The summed E-state index contributed by atoms with van der Waals surface area (Å²) in [6.07, 6.45) is 4.36. The normalized spacial score (nSPS) is 11.9. The van der Waals surface area contributed by atoms with E-state index < -0.39 is 0 Å². The van der Waals surface area contributed by atoms with Crippen LogP contribution >= 0.6 is 11.6 Å². The molecular formula is C26H30ClNO3. The van der Waals surface area contributed by atoms with Crippen LogP contribution in [0.2, 0.25) is 5.02 Å². The first-order valence-corrected chi connectivity index (χ1v) is 11.1. The quantitative estimate of drug-likeness (QED) is 0.383. The zero-order valence-electron chi connectivity index (χ0n) is 18.8. The highest BCUT2D eigenvalue weighted by atomic mass is 35.5. The fourth-order valence-electron chi connectivity index (χ4n) is 3.60. The van der Waals surface area contributed by atoms with E-state index in [1.54, 1.807) is 12.3 Å². The van der Waals surface area contributed by atoms with Gasteiger partial charge >= 0.3 is 0 Å². The molecule has 0 aliphatic carbocycles. The Bertz CT molecular complexity index is 1090. The van der Waals surface area contributed by atoms with Crippen LogP contribution in [0.4, 0.5) is 0 Å². The molecule has 0 spiro atoms.